The second kappa shape index (κ2) is 2.65. The number of hydrogen-bond donors (Lipinski definition) is 2. The van der Waals surface area contributed by atoms with Crippen molar-refractivity contribution in [3.05, 3.63) is 0 Å². The third-order valence-corrected chi connectivity index (χ3v) is 1.60. The molecule has 1 heterocycles. The van der Waals surface area contributed by atoms with Gasteiger partial charge in [0.1, 0.15) is 18.3 Å². The minimum absolute atomic E-state index is 0.308. The summed E-state index contributed by atoms with van der Waals surface area (Å²) in [5.74, 6) is -0.348. The SMILES string of the molecule is C[C@@H]1OC(CO)[C@@H](O)C1=O. The first-order valence-electron chi connectivity index (χ1n) is 3.15. The van der Waals surface area contributed by atoms with E-state index in [-0.39, 0.29) is 12.4 Å². The van der Waals surface area contributed by atoms with Crippen LogP contribution in [0.2, 0.25) is 0 Å². The van der Waals surface area contributed by atoms with Crippen LogP contribution in [0.1, 0.15) is 6.92 Å². The Balaban J connectivity index is 2.61. The number of rotatable bonds is 1. The molecule has 0 spiro atoms. The third-order valence-electron chi connectivity index (χ3n) is 1.60. The van der Waals surface area contributed by atoms with Crippen molar-refractivity contribution in [3.8, 4) is 0 Å². The number of carbonyl (C=O) groups is 1. The van der Waals surface area contributed by atoms with E-state index in [4.69, 9.17) is 14.9 Å². The average molecular weight is 146 g/mol. The van der Waals surface area contributed by atoms with E-state index in [9.17, 15) is 4.79 Å². The number of aliphatic hydroxyl groups is 2. The van der Waals surface area contributed by atoms with E-state index < -0.39 is 18.3 Å². The zero-order valence-corrected chi connectivity index (χ0v) is 5.65. The van der Waals surface area contributed by atoms with Crippen LogP contribution in [-0.4, -0.2) is 40.9 Å². The quantitative estimate of drug-likeness (QED) is 0.482. The highest BCUT2D eigenvalue weighted by Gasteiger charge is 2.38. The molecule has 1 saturated heterocycles. The summed E-state index contributed by atoms with van der Waals surface area (Å²) in [6, 6.07) is 0. The van der Waals surface area contributed by atoms with Gasteiger partial charge in [-0.05, 0) is 6.92 Å². The normalized spacial score (nSPS) is 40.7. The van der Waals surface area contributed by atoms with Crippen LogP contribution in [0.3, 0.4) is 0 Å². The minimum Gasteiger partial charge on any atom is -0.394 e. The van der Waals surface area contributed by atoms with Crippen molar-refractivity contribution < 1.29 is 19.7 Å². The van der Waals surface area contributed by atoms with Crippen LogP contribution in [0.25, 0.3) is 0 Å². The lowest BCUT2D eigenvalue weighted by atomic mass is 10.1. The Morgan fingerprint density at radius 3 is 2.50 bits per heavy atom. The van der Waals surface area contributed by atoms with Gasteiger partial charge in [-0.3, -0.25) is 4.79 Å². The fraction of sp³-hybridized carbons (Fsp3) is 0.833. The molecule has 1 aliphatic rings. The van der Waals surface area contributed by atoms with Gasteiger partial charge in [-0.25, -0.2) is 0 Å². The Kier molecular flexibility index (Phi) is 2.03. The van der Waals surface area contributed by atoms with Gasteiger partial charge in [0, 0.05) is 0 Å². The lowest BCUT2D eigenvalue weighted by Gasteiger charge is -2.07. The molecule has 1 rings (SSSR count). The van der Waals surface area contributed by atoms with Gasteiger partial charge in [0.15, 0.2) is 5.78 Å². The highest BCUT2D eigenvalue weighted by molar-refractivity contribution is 5.89. The smallest absolute Gasteiger partial charge is 0.192 e. The van der Waals surface area contributed by atoms with Crippen LogP contribution in [0, 0.1) is 0 Å². The molecule has 1 fully saturated rings. The second-order valence-electron chi connectivity index (χ2n) is 2.35. The van der Waals surface area contributed by atoms with Gasteiger partial charge in [-0.1, -0.05) is 0 Å². The number of ketones is 1. The van der Waals surface area contributed by atoms with E-state index >= 15 is 0 Å². The molecule has 0 bridgehead atoms. The highest BCUT2D eigenvalue weighted by Crippen LogP contribution is 2.15. The van der Waals surface area contributed by atoms with Crippen LogP contribution in [0.15, 0.2) is 0 Å². The Morgan fingerprint density at radius 1 is 1.70 bits per heavy atom. The summed E-state index contributed by atoms with van der Waals surface area (Å²) >= 11 is 0. The highest BCUT2D eigenvalue weighted by atomic mass is 16.5. The molecule has 0 aromatic carbocycles. The summed E-state index contributed by atoms with van der Waals surface area (Å²) in [4.78, 5) is 10.8. The molecule has 4 heteroatoms. The second-order valence-corrected chi connectivity index (χ2v) is 2.35. The number of Topliss-reactive ketones (excluding diaryl/α,β-unsaturated/α-hetero) is 1. The summed E-state index contributed by atoms with van der Waals surface area (Å²) in [6.45, 7) is 1.25. The summed E-state index contributed by atoms with van der Waals surface area (Å²) in [7, 11) is 0. The molecule has 0 aromatic heterocycles. The van der Waals surface area contributed by atoms with E-state index in [2.05, 4.69) is 0 Å². The Hall–Kier alpha value is -0.450. The molecule has 0 saturated carbocycles. The molecular weight excluding hydrogens is 136 g/mol. The van der Waals surface area contributed by atoms with E-state index in [1.807, 2.05) is 0 Å². The molecule has 3 atom stereocenters. The van der Waals surface area contributed by atoms with E-state index in [0.29, 0.717) is 0 Å². The lowest BCUT2D eigenvalue weighted by molar-refractivity contribution is -0.126. The van der Waals surface area contributed by atoms with Gasteiger partial charge in [0.05, 0.1) is 6.61 Å². The van der Waals surface area contributed by atoms with Crippen molar-refractivity contribution in [1.29, 1.82) is 0 Å². The van der Waals surface area contributed by atoms with Crippen molar-refractivity contribution in [1.82, 2.24) is 0 Å². The van der Waals surface area contributed by atoms with Crippen molar-refractivity contribution in [2.45, 2.75) is 25.2 Å². The first kappa shape index (κ1) is 7.65. The van der Waals surface area contributed by atoms with Crippen molar-refractivity contribution in [3.63, 3.8) is 0 Å². The summed E-state index contributed by atoms with van der Waals surface area (Å²) in [5, 5.41) is 17.5. The predicted molar refractivity (Wildman–Crippen MR) is 32.4 cm³/mol. The van der Waals surface area contributed by atoms with Crippen LogP contribution in [0.4, 0.5) is 0 Å². The monoisotopic (exact) mass is 146 g/mol. The maximum absolute atomic E-state index is 10.8. The van der Waals surface area contributed by atoms with Gasteiger partial charge in [-0.15, -0.1) is 0 Å². The van der Waals surface area contributed by atoms with Gasteiger partial charge in [-0.2, -0.15) is 0 Å². The number of ether oxygens (including phenoxy) is 1. The molecule has 0 aliphatic carbocycles. The molecule has 0 radical (unpaired) electrons. The molecule has 2 N–H and O–H groups in total. The third kappa shape index (κ3) is 1.05. The van der Waals surface area contributed by atoms with Crippen molar-refractivity contribution in [2.24, 2.45) is 0 Å². The average Bonchev–Trinajstić information content (AvgIpc) is 2.17. The minimum atomic E-state index is -1.14. The molecule has 58 valence electrons. The topological polar surface area (TPSA) is 66.8 Å². The first-order valence-corrected chi connectivity index (χ1v) is 3.15. The number of aliphatic hydroxyl groups excluding tert-OH is 2. The van der Waals surface area contributed by atoms with Crippen molar-refractivity contribution in [2.75, 3.05) is 6.61 Å². The van der Waals surface area contributed by atoms with Gasteiger partial charge >= 0.3 is 0 Å². The largest absolute Gasteiger partial charge is 0.394 e. The van der Waals surface area contributed by atoms with Crippen LogP contribution in [0.5, 0.6) is 0 Å². The van der Waals surface area contributed by atoms with E-state index in [1.165, 1.54) is 0 Å². The van der Waals surface area contributed by atoms with Crippen molar-refractivity contribution >= 4 is 5.78 Å². The van der Waals surface area contributed by atoms with Crippen LogP contribution in [-0.2, 0) is 9.53 Å². The molecule has 4 nitrogen and oxygen atoms in total. The molecule has 0 amide bonds. The van der Waals surface area contributed by atoms with Crippen LogP contribution >= 0.6 is 0 Å². The fourth-order valence-corrected chi connectivity index (χ4v) is 0.970. The van der Waals surface area contributed by atoms with E-state index in [0.717, 1.165) is 0 Å². The predicted octanol–water partition coefficient (Wildman–Crippen LogP) is -1.30. The summed E-state index contributed by atoms with van der Waals surface area (Å²) in [6.07, 6.45) is -2.44. The maximum atomic E-state index is 10.8. The Morgan fingerprint density at radius 2 is 2.30 bits per heavy atom. The number of hydrogen-bond acceptors (Lipinski definition) is 4. The zero-order valence-electron chi connectivity index (χ0n) is 5.65. The molecule has 1 unspecified atom stereocenters. The Bertz CT molecular complexity index is 145. The molecule has 0 aromatic rings. The first-order chi connectivity index (χ1) is 4.66. The fourth-order valence-electron chi connectivity index (χ4n) is 0.970. The number of carbonyl (C=O) groups excluding carboxylic acids is 1. The maximum Gasteiger partial charge on any atom is 0.192 e. The standard InChI is InChI=1S/C6H10O4/c1-3-5(8)6(9)4(2-7)10-3/h3-4,6-7,9H,2H2,1H3/t3-,4?,6+/m0/s1. The molecule has 10 heavy (non-hydrogen) atoms. The van der Waals surface area contributed by atoms with Crippen LogP contribution < -0.4 is 0 Å². The van der Waals surface area contributed by atoms with Gasteiger partial charge in [0.25, 0.3) is 0 Å². The van der Waals surface area contributed by atoms with Gasteiger partial charge < -0.3 is 14.9 Å². The van der Waals surface area contributed by atoms with Gasteiger partial charge in [0.2, 0.25) is 0 Å². The van der Waals surface area contributed by atoms with E-state index in [1.54, 1.807) is 6.92 Å². The lowest BCUT2D eigenvalue weighted by Crippen LogP contribution is -2.29. The molecule has 1 aliphatic heterocycles. The Labute approximate surface area is 58.4 Å². The zero-order chi connectivity index (χ0) is 7.72. The summed E-state index contributed by atoms with van der Waals surface area (Å²) in [5.41, 5.74) is 0. The summed E-state index contributed by atoms with van der Waals surface area (Å²) < 4.78 is 4.89. The molecular formula is C6H10O4.